The fourth-order valence-electron chi connectivity index (χ4n) is 5.60. The Kier molecular flexibility index (Phi) is 6.71. The van der Waals surface area contributed by atoms with Gasteiger partial charge in [0.25, 0.3) is 0 Å². The fourth-order valence-corrected chi connectivity index (χ4v) is 5.60. The van der Waals surface area contributed by atoms with Crippen molar-refractivity contribution in [2.75, 3.05) is 0 Å². The summed E-state index contributed by atoms with van der Waals surface area (Å²) in [6, 6.07) is 8.65. The van der Waals surface area contributed by atoms with Crippen LogP contribution < -0.4 is 5.32 Å². The van der Waals surface area contributed by atoms with Crippen LogP contribution >= 0.6 is 0 Å². The van der Waals surface area contributed by atoms with Crippen LogP contribution in [0.4, 0.5) is 0 Å². The van der Waals surface area contributed by atoms with Crippen LogP contribution in [0, 0.1) is 6.92 Å². The van der Waals surface area contributed by atoms with E-state index in [1.165, 1.54) is 5.56 Å². The average molecular weight is 553 g/mol. The van der Waals surface area contributed by atoms with Crippen molar-refractivity contribution >= 4 is 17.1 Å². The number of aryl methyl sites for hydroxylation is 1. The Morgan fingerprint density at radius 3 is 2.71 bits per heavy atom. The highest BCUT2D eigenvalue weighted by Gasteiger charge is 2.27. The van der Waals surface area contributed by atoms with E-state index in [1.807, 2.05) is 37.7 Å². The SMILES string of the molecule is Cc1c(-c2nc3nccc(-c4ccc5c(c4)CCCC[C@H]5NC(=O)c4nc(C(C)(C)C)no4)c3[nH]2)cnn1C(C)C. The summed E-state index contributed by atoms with van der Waals surface area (Å²) < 4.78 is 7.29. The van der Waals surface area contributed by atoms with Crippen LogP contribution in [0.2, 0.25) is 0 Å². The molecule has 0 bridgehead atoms. The Morgan fingerprint density at radius 1 is 1.15 bits per heavy atom. The van der Waals surface area contributed by atoms with Crippen LogP contribution in [0.5, 0.6) is 0 Å². The lowest BCUT2D eigenvalue weighted by Gasteiger charge is -2.19. The summed E-state index contributed by atoms with van der Waals surface area (Å²) in [5.41, 5.74) is 7.78. The smallest absolute Gasteiger partial charge is 0.315 e. The molecule has 0 unspecified atom stereocenters. The summed E-state index contributed by atoms with van der Waals surface area (Å²) in [5.74, 6) is 0.938. The minimum Gasteiger partial charge on any atom is -0.341 e. The van der Waals surface area contributed by atoms with Crippen molar-refractivity contribution in [2.45, 2.75) is 84.7 Å². The van der Waals surface area contributed by atoms with E-state index in [4.69, 9.17) is 9.51 Å². The Balaban J connectivity index is 1.31. The number of nitrogens with one attached hydrogen (secondary N) is 2. The molecule has 2 N–H and O–H groups in total. The summed E-state index contributed by atoms with van der Waals surface area (Å²) in [6.07, 6.45) is 7.53. The van der Waals surface area contributed by atoms with E-state index >= 15 is 0 Å². The Labute approximate surface area is 239 Å². The van der Waals surface area contributed by atoms with Gasteiger partial charge in [-0.25, -0.2) is 9.97 Å². The average Bonchev–Trinajstić information content (AvgIpc) is 3.65. The first kappa shape index (κ1) is 26.9. The third-order valence-corrected chi connectivity index (χ3v) is 7.80. The number of rotatable bonds is 5. The molecule has 0 saturated carbocycles. The Hall–Kier alpha value is -4.34. The quantitative estimate of drug-likeness (QED) is 0.247. The van der Waals surface area contributed by atoms with Crippen molar-refractivity contribution in [1.29, 1.82) is 0 Å². The van der Waals surface area contributed by atoms with Gasteiger partial charge >= 0.3 is 11.8 Å². The van der Waals surface area contributed by atoms with E-state index in [0.29, 0.717) is 11.5 Å². The standard InChI is InChI=1S/C31H36N8O2/c1-17(2)39-18(3)23(16-33-39)26-35-25-22(13-14-32-27(25)36-26)20-11-12-21-19(15-20)9-7-8-10-24(21)34-28(40)29-37-30(38-41-29)31(4,5)6/h11-17,24H,7-10H2,1-6H3,(H,34,40)(H,32,35,36)/t24-/m1/s1. The minimum atomic E-state index is -0.341. The molecule has 212 valence electrons. The maximum atomic E-state index is 13.1. The molecule has 4 aromatic heterocycles. The monoisotopic (exact) mass is 552 g/mol. The molecule has 1 amide bonds. The van der Waals surface area contributed by atoms with E-state index in [9.17, 15) is 4.79 Å². The number of benzene rings is 1. The van der Waals surface area contributed by atoms with E-state index in [2.05, 4.69) is 69.5 Å². The number of aromatic amines is 1. The van der Waals surface area contributed by atoms with Crippen LogP contribution in [0.1, 0.15) is 99.3 Å². The molecule has 0 saturated heterocycles. The van der Waals surface area contributed by atoms with Crippen LogP contribution in [-0.4, -0.2) is 40.8 Å². The lowest BCUT2D eigenvalue weighted by molar-refractivity contribution is 0.0890. The first-order valence-corrected chi connectivity index (χ1v) is 14.3. The van der Waals surface area contributed by atoms with Gasteiger partial charge in [-0.05, 0) is 62.8 Å². The molecule has 5 aromatic rings. The number of hydrogen-bond acceptors (Lipinski definition) is 7. The second-order valence-corrected chi connectivity index (χ2v) is 12.2. The van der Waals surface area contributed by atoms with Gasteiger partial charge in [0.2, 0.25) is 0 Å². The molecule has 6 rings (SSSR count). The molecule has 4 heterocycles. The number of imidazole rings is 1. The summed E-state index contributed by atoms with van der Waals surface area (Å²) in [7, 11) is 0. The molecule has 0 radical (unpaired) electrons. The zero-order chi connectivity index (χ0) is 28.9. The second-order valence-electron chi connectivity index (χ2n) is 12.2. The molecule has 10 nitrogen and oxygen atoms in total. The second kappa shape index (κ2) is 10.2. The highest BCUT2D eigenvalue weighted by atomic mass is 16.5. The molecule has 0 spiro atoms. The molecule has 1 atom stereocenters. The van der Waals surface area contributed by atoms with Gasteiger partial charge in [-0.1, -0.05) is 50.5 Å². The number of fused-ring (bicyclic) bond motifs is 2. The summed E-state index contributed by atoms with van der Waals surface area (Å²) in [5, 5.41) is 11.7. The molecular weight excluding hydrogens is 516 g/mol. The zero-order valence-corrected chi connectivity index (χ0v) is 24.4. The van der Waals surface area contributed by atoms with Crippen molar-refractivity contribution in [3.63, 3.8) is 0 Å². The maximum absolute atomic E-state index is 13.1. The Bertz CT molecular complexity index is 1740. The molecule has 1 aromatic carbocycles. The number of hydrogen-bond donors (Lipinski definition) is 2. The van der Waals surface area contributed by atoms with Gasteiger partial charge < -0.3 is 14.8 Å². The minimum absolute atomic E-state index is 0.000688. The maximum Gasteiger partial charge on any atom is 0.315 e. The van der Waals surface area contributed by atoms with Gasteiger partial charge in [-0.2, -0.15) is 10.1 Å². The third kappa shape index (κ3) is 5.03. The van der Waals surface area contributed by atoms with Gasteiger partial charge in [0, 0.05) is 28.9 Å². The predicted molar refractivity (Wildman–Crippen MR) is 156 cm³/mol. The fraction of sp³-hybridized carbons (Fsp3) is 0.419. The topological polar surface area (TPSA) is 127 Å². The van der Waals surface area contributed by atoms with Crippen molar-refractivity contribution in [3.8, 4) is 22.5 Å². The van der Waals surface area contributed by atoms with E-state index < -0.39 is 0 Å². The van der Waals surface area contributed by atoms with Gasteiger partial charge in [-0.15, -0.1) is 0 Å². The van der Waals surface area contributed by atoms with Gasteiger partial charge in [-0.3, -0.25) is 9.48 Å². The molecular formula is C31H36N8O2. The lowest BCUT2D eigenvalue weighted by atomic mass is 9.94. The number of carbonyl (C=O) groups excluding carboxylic acids is 1. The molecule has 10 heteroatoms. The largest absolute Gasteiger partial charge is 0.341 e. The first-order valence-electron chi connectivity index (χ1n) is 14.3. The number of carbonyl (C=O) groups is 1. The van der Waals surface area contributed by atoms with Crippen LogP contribution in [0.25, 0.3) is 33.7 Å². The summed E-state index contributed by atoms with van der Waals surface area (Å²) >= 11 is 0. The van der Waals surface area contributed by atoms with Gasteiger partial charge in [0.15, 0.2) is 11.5 Å². The number of amides is 1. The van der Waals surface area contributed by atoms with Crippen molar-refractivity contribution in [1.82, 2.24) is 40.2 Å². The molecule has 1 aliphatic carbocycles. The zero-order valence-electron chi connectivity index (χ0n) is 24.4. The highest BCUT2D eigenvalue weighted by molar-refractivity contribution is 5.92. The number of aromatic nitrogens is 7. The molecule has 0 aliphatic heterocycles. The Morgan fingerprint density at radius 2 is 1.98 bits per heavy atom. The van der Waals surface area contributed by atoms with Crippen LogP contribution in [0.15, 0.2) is 41.2 Å². The third-order valence-electron chi connectivity index (χ3n) is 7.80. The van der Waals surface area contributed by atoms with E-state index in [1.54, 1.807) is 6.20 Å². The van der Waals surface area contributed by atoms with E-state index in [-0.39, 0.29) is 29.3 Å². The predicted octanol–water partition coefficient (Wildman–Crippen LogP) is 6.26. The summed E-state index contributed by atoms with van der Waals surface area (Å²) in [4.78, 5) is 30.3. The van der Waals surface area contributed by atoms with E-state index in [0.717, 1.165) is 65.0 Å². The van der Waals surface area contributed by atoms with Crippen molar-refractivity contribution < 1.29 is 9.32 Å². The molecule has 1 aliphatic rings. The summed E-state index contributed by atoms with van der Waals surface area (Å²) in [6.45, 7) is 12.3. The van der Waals surface area contributed by atoms with Crippen molar-refractivity contribution in [3.05, 3.63) is 65.2 Å². The number of pyridine rings is 1. The first-order chi connectivity index (χ1) is 19.6. The normalized spacial score (nSPS) is 15.7. The molecule has 41 heavy (non-hydrogen) atoms. The number of nitrogens with zero attached hydrogens (tertiary/aromatic N) is 6. The van der Waals surface area contributed by atoms with Gasteiger partial charge in [0.05, 0.1) is 23.3 Å². The van der Waals surface area contributed by atoms with Gasteiger partial charge in [0.1, 0.15) is 5.82 Å². The van der Waals surface area contributed by atoms with Crippen molar-refractivity contribution in [2.24, 2.45) is 0 Å². The number of H-pyrrole nitrogens is 1. The molecule has 0 fully saturated rings. The van der Waals surface area contributed by atoms with Crippen LogP contribution in [-0.2, 0) is 11.8 Å². The highest BCUT2D eigenvalue weighted by Crippen LogP contribution is 2.35. The van der Waals surface area contributed by atoms with Crippen LogP contribution in [0.3, 0.4) is 0 Å². The lowest BCUT2D eigenvalue weighted by Crippen LogP contribution is -2.29.